The molecule has 170 valence electrons. The fourth-order valence-electron chi connectivity index (χ4n) is 3.99. The van der Waals surface area contributed by atoms with Crippen molar-refractivity contribution in [3.8, 4) is 11.3 Å². The number of hydrogen-bond acceptors (Lipinski definition) is 8. The van der Waals surface area contributed by atoms with Crippen LogP contribution in [-0.4, -0.2) is 71.3 Å². The third-order valence-electron chi connectivity index (χ3n) is 5.83. The molecule has 0 bridgehead atoms. The summed E-state index contributed by atoms with van der Waals surface area (Å²) in [5, 5.41) is 12.9. The highest BCUT2D eigenvalue weighted by molar-refractivity contribution is 7.88. The fourth-order valence-corrected chi connectivity index (χ4v) is 4.86. The quantitative estimate of drug-likeness (QED) is 0.488. The largest absolute Gasteiger partial charge is 0.390 e. The molecule has 1 atom stereocenters. The van der Waals surface area contributed by atoms with Crippen LogP contribution in [0, 0.1) is 0 Å². The molecule has 0 aliphatic carbocycles. The number of nitrogens with two attached hydrogens (primary N) is 1. The van der Waals surface area contributed by atoms with Crippen molar-refractivity contribution in [1.82, 2.24) is 19.3 Å². The van der Waals surface area contributed by atoms with Crippen molar-refractivity contribution in [2.45, 2.75) is 24.9 Å². The zero-order valence-corrected chi connectivity index (χ0v) is 18.8. The Morgan fingerprint density at radius 3 is 2.53 bits per heavy atom. The van der Waals surface area contributed by atoms with Crippen LogP contribution in [0.25, 0.3) is 22.3 Å². The minimum absolute atomic E-state index is 0.154. The van der Waals surface area contributed by atoms with Gasteiger partial charge in [0.25, 0.3) is 0 Å². The lowest BCUT2D eigenvalue weighted by atomic mass is 9.89. The third kappa shape index (κ3) is 5.04. The van der Waals surface area contributed by atoms with E-state index >= 15 is 0 Å². The highest BCUT2D eigenvalue weighted by Crippen LogP contribution is 2.31. The van der Waals surface area contributed by atoms with Gasteiger partial charge in [-0.15, -0.1) is 0 Å². The van der Waals surface area contributed by atoms with Crippen molar-refractivity contribution in [3.63, 3.8) is 0 Å². The lowest BCUT2D eigenvalue weighted by molar-refractivity contribution is 0.196. The monoisotopic (exact) mass is 456 g/mol. The zero-order valence-electron chi connectivity index (χ0n) is 18.0. The highest BCUT2D eigenvalue weighted by Gasteiger charge is 2.25. The average Bonchev–Trinajstić information content (AvgIpc) is 2.81. The molecule has 4 N–H and O–H groups in total. The molecule has 1 unspecified atom stereocenters. The van der Waals surface area contributed by atoms with E-state index in [9.17, 15) is 13.5 Å². The molecule has 0 amide bonds. The number of sulfonamides is 1. The van der Waals surface area contributed by atoms with E-state index in [0.29, 0.717) is 35.9 Å². The Kier molecular flexibility index (Phi) is 6.66. The lowest BCUT2D eigenvalue weighted by Gasteiger charge is -2.30. The number of nitrogens with one attached hydrogen (secondary N) is 1. The summed E-state index contributed by atoms with van der Waals surface area (Å²) < 4.78 is 25.0. The summed E-state index contributed by atoms with van der Waals surface area (Å²) in [5.74, 6) is 0.891. The van der Waals surface area contributed by atoms with Crippen molar-refractivity contribution < 1.29 is 13.5 Å². The Bertz CT molecular complexity index is 1180. The summed E-state index contributed by atoms with van der Waals surface area (Å²) in [6.07, 6.45) is 5.46. The Hall–Kier alpha value is -2.66. The SMILES string of the molecule is CS(=O)(=O)N1CCC(c2ccc(-c3cc4nccnc4c(NCC(O)CN)n3)cc2)CC1. The van der Waals surface area contributed by atoms with E-state index in [4.69, 9.17) is 10.7 Å². The molecule has 1 aromatic carbocycles. The normalized spacial score (nSPS) is 16.8. The van der Waals surface area contributed by atoms with Gasteiger partial charge in [0, 0.05) is 44.1 Å². The summed E-state index contributed by atoms with van der Waals surface area (Å²) in [7, 11) is -3.12. The van der Waals surface area contributed by atoms with Crippen LogP contribution in [0.2, 0.25) is 0 Å². The second-order valence-electron chi connectivity index (χ2n) is 8.11. The van der Waals surface area contributed by atoms with Gasteiger partial charge >= 0.3 is 0 Å². The predicted octanol–water partition coefficient (Wildman–Crippen LogP) is 1.56. The number of fused-ring (bicyclic) bond motifs is 1. The van der Waals surface area contributed by atoms with E-state index in [1.165, 1.54) is 11.8 Å². The summed E-state index contributed by atoms with van der Waals surface area (Å²) >= 11 is 0. The van der Waals surface area contributed by atoms with Crippen LogP contribution in [0.15, 0.2) is 42.7 Å². The van der Waals surface area contributed by atoms with E-state index < -0.39 is 16.1 Å². The molecule has 32 heavy (non-hydrogen) atoms. The van der Waals surface area contributed by atoms with E-state index in [0.717, 1.165) is 24.1 Å². The van der Waals surface area contributed by atoms with Gasteiger partial charge in [-0.05, 0) is 30.4 Å². The maximum absolute atomic E-state index is 11.7. The minimum Gasteiger partial charge on any atom is -0.390 e. The second-order valence-corrected chi connectivity index (χ2v) is 10.1. The summed E-state index contributed by atoms with van der Waals surface area (Å²) in [6, 6.07) is 10.1. The van der Waals surface area contributed by atoms with E-state index in [2.05, 4.69) is 27.4 Å². The van der Waals surface area contributed by atoms with Gasteiger partial charge in [-0.3, -0.25) is 4.98 Å². The van der Waals surface area contributed by atoms with Crippen LogP contribution in [0.4, 0.5) is 5.82 Å². The Morgan fingerprint density at radius 2 is 1.88 bits per heavy atom. The number of nitrogens with zero attached hydrogens (tertiary/aromatic N) is 4. The van der Waals surface area contributed by atoms with Crippen molar-refractivity contribution in [3.05, 3.63) is 48.3 Å². The molecule has 9 nitrogen and oxygen atoms in total. The standard InChI is InChI=1S/C22H28N6O3S/c1-32(30,31)28-10-6-16(7-11-28)15-2-4-17(5-3-15)19-12-20-21(25-9-8-24-20)22(27-19)26-14-18(29)13-23/h2-5,8-9,12,16,18,29H,6-7,10-11,13-14,23H2,1H3,(H,26,27). The summed E-state index contributed by atoms with van der Waals surface area (Å²) in [5.41, 5.74) is 9.74. The molecule has 0 spiro atoms. The molecule has 3 heterocycles. The smallest absolute Gasteiger partial charge is 0.211 e. The van der Waals surface area contributed by atoms with Crippen LogP contribution in [0.5, 0.6) is 0 Å². The number of hydrogen-bond donors (Lipinski definition) is 3. The molecule has 1 saturated heterocycles. The van der Waals surface area contributed by atoms with Crippen molar-refractivity contribution in [2.24, 2.45) is 5.73 Å². The van der Waals surface area contributed by atoms with Gasteiger partial charge in [-0.1, -0.05) is 24.3 Å². The topological polar surface area (TPSA) is 134 Å². The fraction of sp³-hybridized carbons (Fsp3) is 0.409. The molecule has 2 aromatic heterocycles. The number of rotatable bonds is 7. The van der Waals surface area contributed by atoms with Crippen molar-refractivity contribution in [1.29, 1.82) is 0 Å². The molecule has 1 aliphatic heterocycles. The molecular formula is C22H28N6O3S. The first-order chi connectivity index (χ1) is 15.3. The molecular weight excluding hydrogens is 428 g/mol. The number of piperidine rings is 1. The van der Waals surface area contributed by atoms with Crippen LogP contribution in [0.1, 0.15) is 24.3 Å². The number of aromatic nitrogens is 3. The number of anilines is 1. The van der Waals surface area contributed by atoms with Crippen LogP contribution >= 0.6 is 0 Å². The minimum atomic E-state index is -3.12. The number of aliphatic hydroxyl groups is 1. The van der Waals surface area contributed by atoms with Crippen LogP contribution in [0.3, 0.4) is 0 Å². The van der Waals surface area contributed by atoms with Gasteiger partial charge in [-0.25, -0.2) is 22.7 Å². The van der Waals surface area contributed by atoms with E-state index in [1.807, 2.05) is 18.2 Å². The summed E-state index contributed by atoms with van der Waals surface area (Å²) in [6.45, 7) is 1.53. The average molecular weight is 457 g/mol. The molecule has 1 fully saturated rings. The first kappa shape index (κ1) is 22.5. The van der Waals surface area contributed by atoms with Gasteiger partial charge in [0.2, 0.25) is 10.0 Å². The number of benzene rings is 1. The van der Waals surface area contributed by atoms with Gasteiger partial charge in [0.1, 0.15) is 5.52 Å². The summed E-state index contributed by atoms with van der Waals surface area (Å²) in [4.78, 5) is 13.5. The maximum atomic E-state index is 11.7. The van der Waals surface area contributed by atoms with Gasteiger partial charge in [0.05, 0.1) is 23.6 Å². The van der Waals surface area contributed by atoms with Crippen molar-refractivity contribution in [2.75, 3.05) is 37.8 Å². The Morgan fingerprint density at radius 1 is 1.19 bits per heavy atom. The molecule has 0 radical (unpaired) electrons. The zero-order chi connectivity index (χ0) is 22.7. The predicted molar refractivity (Wildman–Crippen MR) is 125 cm³/mol. The molecule has 10 heteroatoms. The van der Waals surface area contributed by atoms with E-state index in [1.54, 1.807) is 16.7 Å². The third-order valence-corrected chi connectivity index (χ3v) is 7.14. The molecule has 1 aliphatic rings. The molecule has 4 rings (SSSR count). The van der Waals surface area contributed by atoms with Gasteiger partial charge in [-0.2, -0.15) is 0 Å². The van der Waals surface area contributed by atoms with Crippen LogP contribution < -0.4 is 11.1 Å². The van der Waals surface area contributed by atoms with Gasteiger partial charge < -0.3 is 16.2 Å². The first-order valence-corrected chi connectivity index (χ1v) is 12.5. The second kappa shape index (κ2) is 9.45. The van der Waals surface area contributed by atoms with Crippen molar-refractivity contribution >= 4 is 26.9 Å². The van der Waals surface area contributed by atoms with Crippen LogP contribution in [-0.2, 0) is 10.0 Å². The number of aliphatic hydroxyl groups excluding tert-OH is 1. The lowest BCUT2D eigenvalue weighted by Crippen LogP contribution is -2.37. The molecule has 0 saturated carbocycles. The Balaban J connectivity index is 1.55. The van der Waals surface area contributed by atoms with E-state index in [-0.39, 0.29) is 13.1 Å². The maximum Gasteiger partial charge on any atom is 0.211 e. The van der Waals surface area contributed by atoms with Gasteiger partial charge in [0.15, 0.2) is 5.82 Å². The molecule has 3 aromatic rings. The highest BCUT2D eigenvalue weighted by atomic mass is 32.2. The Labute approximate surface area is 187 Å². The number of pyridine rings is 1. The first-order valence-electron chi connectivity index (χ1n) is 10.6.